The minimum absolute atomic E-state index is 0.0261. The van der Waals surface area contributed by atoms with Gasteiger partial charge in [0.2, 0.25) is 0 Å². The molecule has 0 saturated heterocycles. The Morgan fingerprint density at radius 3 is 2.50 bits per heavy atom. The van der Waals surface area contributed by atoms with Crippen LogP contribution in [0.1, 0.15) is 21.9 Å². The minimum Gasteiger partial charge on any atom is -0.358 e. The third-order valence-electron chi connectivity index (χ3n) is 2.54. The molecule has 118 valence electrons. The number of hydrogen-bond acceptors (Lipinski definition) is 5. The van der Waals surface area contributed by atoms with Crippen LogP contribution < -0.4 is 5.32 Å². The average molecular weight is 383 g/mol. The summed E-state index contributed by atoms with van der Waals surface area (Å²) >= 11 is 2.79. The molecule has 0 bridgehead atoms. The second-order valence-electron chi connectivity index (χ2n) is 4.02. The molecular weight excluding hydrogens is 377 g/mol. The summed E-state index contributed by atoms with van der Waals surface area (Å²) in [6.07, 6.45) is -4.78. The van der Waals surface area contributed by atoms with Gasteiger partial charge in [-0.1, -0.05) is 5.10 Å². The maximum Gasteiger partial charge on any atom is 0.437 e. The van der Waals surface area contributed by atoms with E-state index >= 15 is 0 Å². The number of aromatic amines is 2. The van der Waals surface area contributed by atoms with Crippen molar-refractivity contribution in [2.24, 2.45) is 0 Å². The lowest BCUT2D eigenvalue weighted by atomic mass is 10.2. The Balaban J connectivity index is 2.35. The largest absolute Gasteiger partial charge is 0.437 e. The molecule has 2 aromatic rings. The molecular formula is C9H6BrF3N6O3. The van der Waals surface area contributed by atoms with Gasteiger partial charge in [-0.3, -0.25) is 9.89 Å². The third-order valence-corrected chi connectivity index (χ3v) is 3.29. The smallest absolute Gasteiger partial charge is 0.358 e. The molecule has 0 aliphatic rings. The molecule has 0 atom stereocenters. The van der Waals surface area contributed by atoms with Crippen molar-refractivity contribution in [2.45, 2.75) is 13.1 Å². The summed E-state index contributed by atoms with van der Waals surface area (Å²) in [5.74, 6) is -1.66. The molecule has 2 rings (SSSR count). The highest BCUT2D eigenvalue weighted by atomic mass is 79.9. The number of nitro groups is 1. The summed E-state index contributed by atoms with van der Waals surface area (Å²) in [5.41, 5.74) is -2.36. The van der Waals surface area contributed by atoms with E-state index in [1.54, 1.807) is 0 Å². The molecule has 0 aliphatic heterocycles. The predicted molar refractivity (Wildman–Crippen MR) is 69.2 cm³/mol. The lowest BCUT2D eigenvalue weighted by Crippen LogP contribution is -2.17. The molecule has 0 aliphatic carbocycles. The number of alkyl halides is 3. The first-order chi connectivity index (χ1) is 10.1. The summed E-state index contributed by atoms with van der Waals surface area (Å²) in [5, 5.41) is 23.2. The van der Waals surface area contributed by atoms with Crippen LogP contribution in [0.15, 0.2) is 4.47 Å². The van der Waals surface area contributed by atoms with Gasteiger partial charge < -0.3 is 15.4 Å². The number of amides is 1. The van der Waals surface area contributed by atoms with Gasteiger partial charge in [-0.25, -0.2) is 0 Å². The van der Waals surface area contributed by atoms with Gasteiger partial charge in [0.05, 0.1) is 11.4 Å². The van der Waals surface area contributed by atoms with Gasteiger partial charge in [0.1, 0.15) is 4.47 Å². The summed E-state index contributed by atoms with van der Waals surface area (Å²) in [4.78, 5) is 21.7. The zero-order valence-electron chi connectivity index (χ0n) is 10.6. The van der Waals surface area contributed by atoms with Crippen molar-refractivity contribution in [1.82, 2.24) is 20.4 Å². The van der Waals surface area contributed by atoms with Crippen LogP contribution in [0, 0.1) is 17.0 Å². The molecule has 22 heavy (non-hydrogen) atoms. The molecule has 13 heteroatoms. The summed E-state index contributed by atoms with van der Waals surface area (Å²) in [7, 11) is 0. The highest BCUT2D eigenvalue weighted by Gasteiger charge is 2.38. The Labute approximate surface area is 127 Å². The van der Waals surface area contributed by atoms with Crippen LogP contribution in [0.5, 0.6) is 0 Å². The maximum atomic E-state index is 12.7. The van der Waals surface area contributed by atoms with Crippen molar-refractivity contribution >= 4 is 33.3 Å². The van der Waals surface area contributed by atoms with E-state index in [1.165, 1.54) is 6.92 Å². The molecule has 0 unspecified atom stereocenters. The number of hydrogen-bond donors (Lipinski definition) is 3. The molecule has 3 N–H and O–H groups in total. The third kappa shape index (κ3) is 2.79. The van der Waals surface area contributed by atoms with E-state index in [0.717, 1.165) is 0 Å². The number of carbonyl (C=O) groups is 1. The quantitative estimate of drug-likeness (QED) is 0.554. The minimum atomic E-state index is -4.78. The number of carbonyl (C=O) groups excluding carboxylic acids is 1. The SMILES string of the molecule is Cc1[nH]nc(C(F)(F)F)c1NC(=O)c1n[nH]c([N+](=O)[O-])c1Br. The summed E-state index contributed by atoms with van der Waals surface area (Å²) < 4.78 is 38.0. The van der Waals surface area contributed by atoms with Gasteiger partial charge in [-0.05, 0) is 27.8 Å². The van der Waals surface area contributed by atoms with Crippen molar-refractivity contribution in [3.05, 3.63) is 31.7 Å². The number of H-pyrrole nitrogens is 2. The zero-order valence-corrected chi connectivity index (χ0v) is 12.2. The van der Waals surface area contributed by atoms with E-state index in [1.807, 2.05) is 10.4 Å². The number of anilines is 1. The molecule has 0 saturated carbocycles. The molecule has 2 aromatic heterocycles. The molecule has 0 radical (unpaired) electrons. The van der Waals surface area contributed by atoms with E-state index in [2.05, 4.69) is 31.2 Å². The Morgan fingerprint density at radius 1 is 1.36 bits per heavy atom. The second kappa shape index (κ2) is 5.40. The normalized spacial score (nSPS) is 11.5. The van der Waals surface area contributed by atoms with Crippen LogP contribution in [-0.2, 0) is 6.18 Å². The lowest BCUT2D eigenvalue weighted by molar-refractivity contribution is -0.390. The predicted octanol–water partition coefficient (Wildman–Crippen LogP) is 2.38. The van der Waals surface area contributed by atoms with Crippen LogP contribution in [-0.4, -0.2) is 31.2 Å². The van der Waals surface area contributed by atoms with E-state index in [-0.39, 0.29) is 10.2 Å². The Hall–Kier alpha value is -2.44. The average Bonchev–Trinajstić information content (AvgIpc) is 2.93. The number of halogens is 4. The van der Waals surface area contributed by atoms with E-state index in [0.29, 0.717) is 0 Å². The zero-order chi connectivity index (χ0) is 16.7. The van der Waals surface area contributed by atoms with Gasteiger partial charge in [-0.2, -0.15) is 18.3 Å². The van der Waals surface area contributed by atoms with Crippen LogP contribution in [0.2, 0.25) is 0 Å². The summed E-state index contributed by atoms with van der Waals surface area (Å²) in [6.45, 7) is 1.28. The first kappa shape index (κ1) is 15.9. The Bertz CT molecular complexity index is 752. The number of nitrogens with zero attached hydrogens (tertiary/aromatic N) is 3. The fourth-order valence-electron chi connectivity index (χ4n) is 1.55. The fourth-order valence-corrected chi connectivity index (χ4v) is 2.05. The molecule has 0 spiro atoms. The van der Waals surface area contributed by atoms with Crippen molar-refractivity contribution in [3.63, 3.8) is 0 Å². The Kier molecular flexibility index (Phi) is 3.91. The molecule has 1 amide bonds. The number of aromatic nitrogens is 4. The fraction of sp³-hybridized carbons (Fsp3) is 0.222. The van der Waals surface area contributed by atoms with E-state index < -0.39 is 39.9 Å². The van der Waals surface area contributed by atoms with Gasteiger partial charge >= 0.3 is 12.0 Å². The molecule has 0 aromatic carbocycles. The van der Waals surface area contributed by atoms with Gasteiger partial charge in [0.25, 0.3) is 5.91 Å². The first-order valence-corrected chi connectivity index (χ1v) is 6.24. The van der Waals surface area contributed by atoms with E-state index in [9.17, 15) is 28.1 Å². The van der Waals surface area contributed by atoms with Crippen LogP contribution in [0.3, 0.4) is 0 Å². The number of nitrogens with one attached hydrogen (secondary N) is 3. The highest BCUT2D eigenvalue weighted by molar-refractivity contribution is 9.10. The van der Waals surface area contributed by atoms with Gasteiger partial charge in [-0.15, -0.1) is 5.10 Å². The number of rotatable bonds is 3. The van der Waals surface area contributed by atoms with Crippen LogP contribution >= 0.6 is 15.9 Å². The highest BCUT2D eigenvalue weighted by Crippen LogP contribution is 2.35. The molecule has 9 nitrogen and oxygen atoms in total. The molecule has 2 heterocycles. The van der Waals surface area contributed by atoms with Crippen LogP contribution in [0.25, 0.3) is 0 Å². The van der Waals surface area contributed by atoms with Crippen molar-refractivity contribution in [2.75, 3.05) is 5.32 Å². The van der Waals surface area contributed by atoms with Crippen LogP contribution in [0.4, 0.5) is 24.7 Å². The van der Waals surface area contributed by atoms with E-state index in [4.69, 9.17) is 0 Å². The topological polar surface area (TPSA) is 130 Å². The number of aryl methyl sites for hydroxylation is 1. The van der Waals surface area contributed by atoms with Crippen molar-refractivity contribution in [1.29, 1.82) is 0 Å². The molecule has 0 fully saturated rings. The Morgan fingerprint density at radius 2 is 2.00 bits per heavy atom. The standard InChI is InChI=1S/C9H6BrF3N6O3/c1-2-4(6(17-15-2)9(11,12)13)14-8(20)5-3(10)7(18-16-5)19(21)22/h1H3,(H,14,20)(H,15,17)(H,16,18). The summed E-state index contributed by atoms with van der Waals surface area (Å²) in [6, 6.07) is 0. The van der Waals surface area contributed by atoms with Gasteiger partial charge in [0, 0.05) is 0 Å². The monoisotopic (exact) mass is 382 g/mol. The van der Waals surface area contributed by atoms with Gasteiger partial charge in [0.15, 0.2) is 11.4 Å². The van der Waals surface area contributed by atoms with Crippen molar-refractivity contribution < 1.29 is 22.9 Å². The maximum absolute atomic E-state index is 12.7. The lowest BCUT2D eigenvalue weighted by Gasteiger charge is -2.07. The first-order valence-electron chi connectivity index (χ1n) is 5.44. The second-order valence-corrected chi connectivity index (χ2v) is 4.81. The van der Waals surface area contributed by atoms with Crippen molar-refractivity contribution in [3.8, 4) is 0 Å².